The molecule has 9 nitrogen and oxygen atoms in total. The Labute approximate surface area is 181 Å². The highest BCUT2D eigenvalue weighted by molar-refractivity contribution is 7.16. The summed E-state index contributed by atoms with van der Waals surface area (Å²) in [5.41, 5.74) is 4.93. The van der Waals surface area contributed by atoms with Crippen molar-refractivity contribution in [3.63, 3.8) is 0 Å². The highest BCUT2D eigenvalue weighted by Gasteiger charge is 2.35. The van der Waals surface area contributed by atoms with E-state index in [1.807, 2.05) is 18.2 Å². The van der Waals surface area contributed by atoms with Gasteiger partial charge in [-0.05, 0) is 17.7 Å². The number of aromatic carboxylic acids is 1. The lowest BCUT2D eigenvalue weighted by Gasteiger charge is -2.18. The summed E-state index contributed by atoms with van der Waals surface area (Å²) in [4.78, 5) is 37.9. The second-order valence-corrected chi connectivity index (χ2v) is 6.78. The van der Waals surface area contributed by atoms with E-state index in [-0.39, 0.29) is 29.8 Å². The molecule has 3 heterocycles. The van der Waals surface area contributed by atoms with E-state index in [4.69, 9.17) is 15.6 Å². The van der Waals surface area contributed by atoms with Crippen molar-refractivity contribution in [3.8, 4) is 5.75 Å². The number of ether oxygens (including phenoxy) is 1. The molecule has 3 aromatic rings. The molecule has 14 heteroatoms. The van der Waals surface area contributed by atoms with Crippen molar-refractivity contribution >= 4 is 51.5 Å². The van der Waals surface area contributed by atoms with Gasteiger partial charge in [-0.15, -0.1) is 23.7 Å². The highest BCUT2D eigenvalue weighted by atomic mass is 35.5. The van der Waals surface area contributed by atoms with Crippen LogP contribution in [0, 0.1) is 0 Å². The van der Waals surface area contributed by atoms with Crippen molar-refractivity contribution < 1.29 is 32.6 Å². The largest absolute Gasteiger partial charge is 0.482 e. The van der Waals surface area contributed by atoms with E-state index in [0.29, 0.717) is 29.3 Å². The number of carboxylic acid groups (broad SMARTS) is 1. The van der Waals surface area contributed by atoms with E-state index in [9.17, 15) is 27.6 Å². The lowest BCUT2D eigenvalue weighted by molar-refractivity contribution is -0.136. The van der Waals surface area contributed by atoms with Crippen LogP contribution in [-0.2, 0) is 17.5 Å². The third kappa shape index (κ3) is 5.31. The number of hydrogen-bond acceptors (Lipinski definition) is 7. The number of nitrogens with one attached hydrogen (secondary N) is 2. The van der Waals surface area contributed by atoms with Gasteiger partial charge in [-0.3, -0.25) is 9.59 Å². The fraction of sp³-hybridized carbons (Fsp3) is 0.176. The maximum atomic E-state index is 12.5. The molecule has 5 N–H and O–H groups in total. The standard InChI is InChI=1S/C9H10N2O2.C8H3F3N2O3S.ClH/c10-4-6-1-2-8-7(3-6)11-9(12)5-13-8;9-8(10,11)2-1-17-6-3(2)5(14)12-4(13-6)7(15)16;/h1-3H,4-5,10H2,(H,11,12);1H,(H,15,16)(H,12,13,14);1H. The van der Waals surface area contributed by atoms with Crippen molar-refractivity contribution in [1.29, 1.82) is 0 Å². The van der Waals surface area contributed by atoms with E-state index in [1.165, 1.54) is 0 Å². The van der Waals surface area contributed by atoms with Crippen LogP contribution >= 0.6 is 23.7 Å². The molecule has 0 saturated carbocycles. The third-order valence-electron chi connectivity index (χ3n) is 3.86. The Balaban J connectivity index is 0.000000220. The molecule has 1 aliphatic heterocycles. The maximum Gasteiger partial charge on any atom is 0.418 e. The number of H-pyrrole nitrogens is 1. The minimum absolute atomic E-state index is 0. The lowest BCUT2D eigenvalue weighted by atomic mass is 10.1. The molecule has 4 rings (SSSR count). The normalized spacial score (nSPS) is 12.6. The second kappa shape index (κ2) is 9.32. The Hall–Kier alpha value is -3.16. The molecule has 0 fully saturated rings. The van der Waals surface area contributed by atoms with Crippen LogP contribution < -0.4 is 21.3 Å². The summed E-state index contributed by atoms with van der Waals surface area (Å²) in [7, 11) is 0. The number of aromatic amines is 1. The molecule has 0 bridgehead atoms. The molecule has 0 unspecified atom stereocenters. The number of carbonyl (C=O) groups excluding carboxylic acids is 1. The van der Waals surface area contributed by atoms with E-state index in [1.54, 1.807) is 4.98 Å². The fourth-order valence-corrected chi connectivity index (χ4v) is 3.46. The van der Waals surface area contributed by atoms with Gasteiger partial charge in [-0.25, -0.2) is 9.78 Å². The molecule has 166 valence electrons. The molecular weight excluding hydrogens is 465 g/mol. The van der Waals surface area contributed by atoms with Crippen LogP contribution in [0.5, 0.6) is 5.75 Å². The van der Waals surface area contributed by atoms with E-state index >= 15 is 0 Å². The number of halogens is 4. The first-order valence-electron chi connectivity index (χ1n) is 8.17. The minimum Gasteiger partial charge on any atom is -0.482 e. The smallest absolute Gasteiger partial charge is 0.418 e. The summed E-state index contributed by atoms with van der Waals surface area (Å²) < 4.78 is 42.7. The van der Waals surface area contributed by atoms with Gasteiger partial charge in [-0.2, -0.15) is 13.2 Å². The average molecular weight is 479 g/mol. The predicted octanol–water partition coefficient (Wildman–Crippen LogP) is 2.60. The molecular formula is C17H14ClF3N4O5S. The SMILES string of the molecule is Cl.NCc1ccc2c(c1)NC(=O)CO2.O=C(O)c1nc2scc(C(F)(F)F)c2c(=O)[nH]1. The van der Waals surface area contributed by atoms with Gasteiger partial charge in [0.1, 0.15) is 10.6 Å². The minimum atomic E-state index is -4.67. The Morgan fingerprint density at radius 1 is 1.32 bits per heavy atom. The molecule has 31 heavy (non-hydrogen) atoms. The van der Waals surface area contributed by atoms with Crippen LogP contribution in [0.25, 0.3) is 10.2 Å². The Morgan fingerprint density at radius 3 is 2.65 bits per heavy atom. The number of carboxylic acids is 1. The molecule has 0 aliphatic carbocycles. The zero-order valence-corrected chi connectivity index (χ0v) is 16.9. The summed E-state index contributed by atoms with van der Waals surface area (Å²) in [6, 6.07) is 5.53. The topological polar surface area (TPSA) is 147 Å². The molecule has 0 radical (unpaired) electrons. The number of benzene rings is 1. The molecule has 1 aromatic carbocycles. The highest BCUT2D eigenvalue weighted by Crippen LogP contribution is 2.36. The quantitative estimate of drug-likeness (QED) is 0.442. The molecule has 0 atom stereocenters. The van der Waals surface area contributed by atoms with Crippen molar-refractivity contribution in [3.05, 3.63) is 50.9 Å². The van der Waals surface area contributed by atoms with Crippen molar-refractivity contribution in [1.82, 2.24) is 9.97 Å². The second-order valence-electron chi connectivity index (χ2n) is 5.92. The summed E-state index contributed by atoms with van der Waals surface area (Å²) in [5, 5.41) is 11.4. The first-order chi connectivity index (χ1) is 14.1. The van der Waals surface area contributed by atoms with Gasteiger partial charge in [0.15, 0.2) is 6.61 Å². The lowest BCUT2D eigenvalue weighted by Crippen LogP contribution is -2.25. The predicted molar refractivity (Wildman–Crippen MR) is 108 cm³/mol. The summed E-state index contributed by atoms with van der Waals surface area (Å²) in [6.45, 7) is 0.554. The molecule has 0 spiro atoms. The maximum absolute atomic E-state index is 12.5. The first-order valence-corrected chi connectivity index (χ1v) is 9.05. The van der Waals surface area contributed by atoms with Gasteiger partial charge >= 0.3 is 12.1 Å². The van der Waals surface area contributed by atoms with Crippen molar-refractivity contribution in [2.75, 3.05) is 11.9 Å². The average Bonchev–Trinajstić information content (AvgIpc) is 3.13. The number of nitrogens with two attached hydrogens (primary N) is 1. The van der Waals surface area contributed by atoms with Crippen LogP contribution in [-0.4, -0.2) is 33.6 Å². The van der Waals surface area contributed by atoms with Crippen LogP contribution in [0.1, 0.15) is 21.7 Å². The van der Waals surface area contributed by atoms with Crippen LogP contribution in [0.15, 0.2) is 28.4 Å². The van der Waals surface area contributed by atoms with Gasteiger partial charge < -0.3 is 25.9 Å². The number of hydrogen-bond donors (Lipinski definition) is 4. The van der Waals surface area contributed by atoms with E-state index in [2.05, 4.69) is 10.3 Å². The van der Waals surface area contributed by atoms with E-state index < -0.39 is 34.5 Å². The summed E-state index contributed by atoms with van der Waals surface area (Å²) >= 11 is 0.572. The van der Waals surface area contributed by atoms with Crippen molar-refractivity contribution in [2.45, 2.75) is 12.7 Å². The van der Waals surface area contributed by atoms with Crippen LogP contribution in [0.3, 0.4) is 0 Å². The van der Waals surface area contributed by atoms with Crippen LogP contribution in [0.4, 0.5) is 18.9 Å². The zero-order valence-electron chi connectivity index (χ0n) is 15.3. The third-order valence-corrected chi connectivity index (χ3v) is 4.74. The fourth-order valence-electron chi connectivity index (χ4n) is 2.52. The summed E-state index contributed by atoms with van der Waals surface area (Å²) in [5.74, 6) is -1.61. The number of amides is 1. The monoisotopic (exact) mass is 478 g/mol. The van der Waals surface area contributed by atoms with Gasteiger partial charge in [0.25, 0.3) is 11.5 Å². The van der Waals surface area contributed by atoms with Gasteiger partial charge in [0.2, 0.25) is 5.82 Å². The van der Waals surface area contributed by atoms with Crippen molar-refractivity contribution in [2.24, 2.45) is 5.73 Å². The van der Waals surface area contributed by atoms with Gasteiger partial charge in [0, 0.05) is 11.9 Å². The number of thiophene rings is 1. The molecule has 1 amide bonds. The van der Waals surface area contributed by atoms with Crippen LogP contribution in [0.2, 0.25) is 0 Å². The number of rotatable bonds is 2. The first kappa shape index (κ1) is 24.1. The zero-order chi connectivity index (χ0) is 22.1. The number of nitrogens with zero attached hydrogens (tertiary/aromatic N) is 1. The molecule has 1 aliphatic rings. The molecule has 2 aromatic heterocycles. The number of alkyl halides is 3. The van der Waals surface area contributed by atoms with E-state index in [0.717, 1.165) is 10.9 Å². The Bertz CT molecular complexity index is 1190. The van der Waals surface area contributed by atoms with Gasteiger partial charge in [-0.1, -0.05) is 6.07 Å². The number of carbonyl (C=O) groups is 2. The number of anilines is 1. The Morgan fingerprint density at radius 2 is 2.03 bits per heavy atom. The number of fused-ring (bicyclic) bond motifs is 2. The molecule has 0 saturated heterocycles. The van der Waals surface area contributed by atoms with Gasteiger partial charge in [0.05, 0.1) is 16.6 Å². The summed E-state index contributed by atoms with van der Waals surface area (Å²) in [6.07, 6.45) is -4.67. The Kier molecular flexibility index (Phi) is 7.25. The number of aromatic nitrogens is 2.